The summed E-state index contributed by atoms with van der Waals surface area (Å²) in [6, 6.07) is 9.72. The molecule has 0 saturated heterocycles. The molecule has 0 aromatic heterocycles. The summed E-state index contributed by atoms with van der Waals surface area (Å²) < 4.78 is 5.34. The van der Waals surface area contributed by atoms with Crippen LogP contribution in [0.15, 0.2) is 30.3 Å². The standard InChI is InChI=1S/C11H17NO2/c1-9(12(2)13)11(14-3)10-7-5-4-6-8-10/h4-9,11-12H,1-3H3. The van der Waals surface area contributed by atoms with Gasteiger partial charge < -0.3 is 15.0 Å². The number of hydrogen-bond donors (Lipinski definition) is 1. The summed E-state index contributed by atoms with van der Waals surface area (Å²) in [5.41, 5.74) is 1.05. The maximum atomic E-state index is 11.2. The molecule has 0 aliphatic heterocycles. The molecule has 1 N–H and O–H groups in total. The molecule has 0 amide bonds. The molecule has 78 valence electrons. The third-order valence-corrected chi connectivity index (χ3v) is 2.48. The quantitative estimate of drug-likeness (QED) is 0.721. The largest absolute Gasteiger partial charge is 0.634 e. The zero-order chi connectivity index (χ0) is 10.6. The van der Waals surface area contributed by atoms with Crippen molar-refractivity contribution in [3.8, 4) is 0 Å². The molecular weight excluding hydrogens is 178 g/mol. The van der Waals surface area contributed by atoms with Gasteiger partial charge in [-0.15, -0.1) is 0 Å². The summed E-state index contributed by atoms with van der Waals surface area (Å²) in [5.74, 6) is 0. The predicted molar refractivity (Wildman–Crippen MR) is 55.9 cm³/mol. The number of benzene rings is 1. The van der Waals surface area contributed by atoms with E-state index in [1.807, 2.05) is 37.3 Å². The second-order valence-electron chi connectivity index (χ2n) is 3.47. The Balaban J connectivity index is 2.82. The highest BCUT2D eigenvalue weighted by Gasteiger charge is 2.21. The molecule has 3 nitrogen and oxygen atoms in total. The lowest BCUT2D eigenvalue weighted by atomic mass is 10.0. The molecule has 0 aliphatic rings. The van der Waals surface area contributed by atoms with Crippen LogP contribution in [0.5, 0.6) is 0 Å². The Hall–Kier alpha value is -0.900. The van der Waals surface area contributed by atoms with Gasteiger partial charge in [0, 0.05) is 7.11 Å². The molecule has 3 atom stereocenters. The normalized spacial score (nSPS) is 17.4. The summed E-state index contributed by atoms with van der Waals surface area (Å²) in [4.78, 5) is 0. The number of nitrogens with one attached hydrogen (secondary N) is 1. The van der Waals surface area contributed by atoms with Gasteiger partial charge >= 0.3 is 0 Å². The summed E-state index contributed by atoms with van der Waals surface area (Å²) in [7, 11) is 3.23. The zero-order valence-electron chi connectivity index (χ0n) is 8.86. The van der Waals surface area contributed by atoms with Crippen molar-refractivity contribution in [2.45, 2.75) is 19.1 Å². The Morgan fingerprint density at radius 1 is 1.29 bits per heavy atom. The van der Waals surface area contributed by atoms with Crippen LogP contribution in [0.1, 0.15) is 18.6 Å². The van der Waals surface area contributed by atoms with Crippen LogP contribution < -0.4 is 5.06 Å². The third kappa shape index (κ3) is 2.54. The van der Waals surface area contributed by atoms with Gasteiger partial charge in [0.05, 0.1) is 7.05 Å². The SMILES string of the molecule is COC(c1ccccc1)C(C)[NH+](C)[O-]. The van der Waals surface area contributed by atoms with Crippen molar-refractivity contribution in [1.29, 1.82) is 0 Å². The first-order valence-electron chi connectivity index (χ1n) is 4.75. The molecular formula is C11H17NO2. The highest BCUT2D eigenvalue weighted by Crippen LogP contribution is 2.18. The van der Waals surface area contributed by atoms with E-state index in [0.29, 0.717) is 0 Å². The van der Waals surface area contributed by atoms with Gasteiger partial charge in [-0.3, -0.25) is 0 Å². The highest BCUT2D eigenvalue weighted by atomic mass is 16.5. The molecule has 0 aliphatic carbocycles. The lowest BCUT2D eigenvalue weighted by Crippen LogP contribution is -3.08. The van der Waals surface area contributed by atoms with E-state index in [1.165, 1.54) is 0 Å². The van der Waals surface area contributed by atoms with E-state index < -0.39 is 0 Å². The molecule has 3 heteroatoms. The molecule has 3 unspecified atom stereocenters. The summed E-state index contributed by atoms with van der Waals surface area (Å²) in [5, 5.41) is 11.4. The number of methoxy groups -OCH3 is 1. The minimum atomic E-state index is -0.131. The molecule has 0 fully saturated rings. The maximum Gasteiger partial charge on any atom is 0.134 e. The van der Waals surface area contributed by atoms with E-state index in [1.54, 1.807) is 14.2 Å². The van der Waals surface area contributed by atoms with Crippen molar-refractivity contribution < 1.29 is 9.80 Å². The third-order valence-electron chi connectivity index (χ3n) is 2.48. The summed E-state index contributed by atoms with van der Waals surface area (Å²) in [6.45, 7) is 1.89. The second kappa shape index (κ2) is 5.10. The fourth-order valence-corrected chi connectivity index (χ4v) is 1.48. The van der Waals surface area contributed by atoms with Crippen LogP contribution in [-0.2, 0) is 4.74 Å². The first-order valence-corrected chi connectivity index (χ1v) is 4.75. The van der Waals surface area contributed by atoms with Gasteiger partial charge in [0.2, 0.25) is 0 Å². The van der Waals surface area contributed by atoms with Crippen LogP contribution >= 0.6 is 0 Å². The molecule has 0 bridgehead atoms. The van der Waals surface area contributed by atoms with Crippen molar-refractivity contribution in [2.75, 3.05) is 14.2 Å². The maximum absolute atomic E-state index is 11.2. The molecule has 0 radical (unpaired) electrons. The Morgan fingerprint density at radius 3 is 2.29 bits per heavy atom. The highest BCUT2D eigenvalue weighted by molar-refractivity contribution is 5.18. The van der Waals surface area contributed by atoms with Crippen molar-refractivity contribution in [2.24, 2.45) is 0 Å². The summed E-state index contributed by atoms with van der Waals surface area (Å²) in [6.07, 6.45) is -0.131. The van der Waals surface area contributed by atoms with Crippen LogP contribution in [0.4, 0.5) is 0 Å². The molecule has 14 heavy (non-hydrogen) atoms. The zero-order valence-corrected chi connectivity index (χ0v) is 8.86. The van der Waals surface area contributed by atoms with Crippen molar-refractivity contribution in [3.63, 3.8) is 0 Å². The number of hydroxylamine groups is 2. The van der Waals surface area contributed by atoms with Gasteiger partial charge in [0.25, 0.3) is 0 Å². The fourth-order valence-electron chi connectivity index (χ4n) is 1.48. The van der Waals surface area contributed by atoms with Crippen molar-refractivity contribution in [1.82, 2.24) is 0 Å². The van der Waals surface area contributed by atoms with Crippen molar-refractivity contribution >= 4 is 0 Å². The van der Waals surface area contributed by atoms with Gasteiger partial charge in [0.1, 0.15) is 12.1 Å². The van der Waals surface area contributed by atoms with Gasteiger partial charge in [-0.2, -0.15) is 0 Å². The van der Waals surface area contributed by atoms with E-state index in [9.17, 15) is 5.21 Å². The van der Waals surface area contributed by atoms with E-state index in [0.717, 1.165) is 5.56 Å². The van der Waals surface area contributed by atoms with Gasteiger partial charge in [-0.25, -0.2) is 0 Å². The molecule has 1 rings (SSSR count). The Morgan fingerprint density at radius 2 is 1.86 bits per heavy atom. The van der Waals surface area contributed by atoms with Gasteiger partial charge in [0.15, 0.2) is 0 Å². The van der Waals surface area contributed by atoms with E-state index in [2.05, 4.69) is 0 Å². The van der Waals surface area contributed by atoms with Crippen LogP contribution in [0, 0.1) is 5.21 Å². The van der Waals surface area contributed by atoms with Crippen LogP contribution in [0.2, 0.25) is 0 Å². The van der Waals surface area contributed by atoms with Crippen LogP contribution in [0.3, 0.4) is 0 Å². The number of likely N-dealkylation sites (N-methyl/N-ethyl adjacent to an activating group) is 1. The Labute approximate surface area is 84.9 Å². The number of quaternary nitrogens is 1. The number of rotatable bonds is 4. The average molecular weight is 195 g/mol. The van der Waals surface area contributed by atoms with E-state index in [4.69, 9.17) is 4.74 Å². The molecule has 1 aromatic carbocycles. The average Bonchev–Trinajstić information content (AvgIpc) is 2.20. The smallest absolute Gasteiger partial charge is 0.134 e. The van der Waals surface area contributed by atoms with Crippen LogP contribution in [-0.4, -0.2) is 20.2 Å². The predicted octanol–water partition coefficient (Wildman–Crippen LogP) is 0.775. The molecule has 0 heterocycles. The van der Waals surface area contributed by atoms with Gasteiger partial charge in [-0.05, 0) is 12.5 Å². The lowest BCUT2D eigenvalue weighted by Gasteiger charge is -2.30. The summed E-state index contributed by atoms with van der Waals surface area (Å²) >= 11 is 0. The van der Waals surface area contributed by atoms with Gasteiger partial charge in [-0.1, -0.05) is 30.3 Å². The monoisotopic (exact) mass is 195 g/mol. The van der Waals surface area contributed by atoms with E-state index in [-0.39, 0.29) is 17.2 Å². The topological polar surface area (TPSA) is 36.7 Å². The molecule has 0 saturated carbocycles. The second-order valence-corrected chi connectivity index (χ2v) is 3.47. The molecule has 1 aromatic rings. The first-order chi connectivity index (χ1) is 6.66. The van der Waals surface area contributed by atoms with Crippen molar-refractivity contribution in [3.05, 3.63) is 41.1 Å². The van der Waals surface area contributed by atoms with Crippen LogP contribution in [0.25, 0.3) is 0 Å². The van der Waals surface area contributed by atoms with E-state index >= 15 is 0 Å². The Kier molecular flexibility index (Phi) is 4.07. The Bertz CT molecular complexity index is 261. The number of hydrogen-bond acceptors (Lipinski definition) is 2. The number of ether oxygens (including phenoxy) is 1. The fraction of sp³-hybridized carbons (Fsp3) is 0.455. The minimum absolute atomic E-state index is 0.0950. The first kappa shape index (κ1) is 11.2. The lowest BCUT2D eigenvalue weighted by molar-refractivity contribution is -0.857. The minimum Gasteiger partial charge on any atom is -0.634 e. The molecule has 0 spiro atoms.